The molecular weight excluding hydrogens is 206 g/mol. The molecule has 16 heavy (non-hydrogen) atoms. The van der Waals surface area contributed by atoms with Gasteiger partial charge >= 0.3 is 0 Å². The van der Waals surface area contributed by atoms with E-state index in [0.717, 1.165) is 17.9 Å². The zero-order valence-corrected chi connectivity index (χ0v) is 10.3. The van der Waals surface area contributed by atoms with Crippen LogP contribution in [0.5, 0.6) is 0 Å². The highest BCUT2D eigenvalue weighted by Gasteiger charge is 2.05. The van der Waals surface area contributed by atoms with Crippen LogP contribution in [0.4, 0.5) is 0 Å². The molecule has 0 aromatic carbocycles. The topological polar surface area (TPSA) is 43.6 Å². The molecule has 4 heteroatoms. The predicted molar refractivity (Wildman–Crippen MR) is 62.2 cm³/mol. The molecule has 0 saturated heterocycles. The minimum atomic E-state index is 0.261. The van der Waals surface area contributed by atoms with Crippen LogP contribution in [0, 0.1) is 0 Å². The Kier molecular flexibility index (Phi) is 6.15. The van der Waals surface area contributed by atoms with E-state index >= 15 is 0 Å². The maximum absolute atomic E-state index is 5.50. The molecule has 0 aliphatic rings. The van der Waals surface area contributed by atoms with E-state index in [0.29, 0.717) is 19.8 Å². The Labute approximate surface area is 96.9 Å². The summed E-state index contributed by atoms with van der Waals surface area (Å²) in [5.74, 6) is 0.937. The molecule has 0 fully saturated rings. The van der Waals surface area contributed by atoms with Gasteiger partial charge in [-0.05, 0) is 27.0 Å². The molecule has 4 nitrogen and oxygen atoms in total. The highest BCUT2D eigenvalue weighted by molar-refractivity contribution is 5.15. The van der Waals surface area contributed by atoms with Crippen molar-refractivity contribution in [3.63, 3.8) is 0 Å². The standard InChI is InChI=1S/C12H21NO3/c1-10(2)15-7-6-14-9-11-4-5-16-12(11)8-13-3/h4-5,10,13H,6-9H2,1-3H3. The zero-order valence-electron chi connectivity index (χ0n) is 10.3. The van der Waals surface area contributed by atoms with Crippen LogP contribution in [0.3, 0.4) is 0 Å². The molecule has 1 heterocycles. The third kappa shape index (κ3) is 4.79. The lowest BCUT2D eigenvalue weighted by molar-refractivity contribution is 0.0140. The van der Waals surface area contributed by atoms with E-state index in [4.69, 9.17) is 13.9 Å². The number of furan rings is 1. The van der Waals surface area contributed by atoms with Gasteiger partial charge in [-0.1, -0.05) is 0 Å². The van der Waals surface area contributed by atoms with E-state index in [9.17, 15) is 0 Å². The van der Waals surface area contributed by atoms with E-state index < -0.39 is 0 Å². The Morgan fingerprint density at radius 2 is 2.19 bits per heavy atom. The Morgan fingerprint density at radius 1 is 1.38 bits per heavy atom. The second kappa shape index (κ2) is 7.44. The first kappa shape index (κ1) is 13.2. The number of rotatable bonds is 8. The average Bonchev–Trinajstić information content (AvgIpc) is 2.65. The van der Waals surface area contributed by atoms with Crippen molar-refractivity contribution in [1.82, 2.24) is 5.32 Å². The summed E-state index contributed by atoms with van der Waals surface area (Å²) in [5.41, 5.74) is 1.10. The third-order valence-electron chi connectivity index (χ3n) is 2.11. The van der Waals surface area contributed by atoms with Gasteiger partial charge in [-0.15, -0.1) is 0 Å². The van der Waals surface area contributed by atoms with Crippen LogP contribution >= 0.6 is 0 Å². The van der Waals surface area contributed by atoms with Crippen molar-refractivity contribution >= 4 is 0 Å². The monoisotopic (exact) mass is 227 g/mol. The maximum Gasteiger partial charge on any atom is 0.123 e. The van der Waals surface area contributed by atoms with E-state index in [1.54, 1.807) is 6.26 Å². The fourth-order valence-electron chi connectivity index (χ4n) is 1.34. The number of hydrogen-bond donors (Lipinski definition) is 1. The Morgan fingerprint density at radius 3 is 2.88 bits per heavy atom. The SMILES string of the molecule is CNCc1occc1COCCOC(C)C. The highest BCUT2D eigenvalue weighted by Crippen LogP contribution is 2.11. The summed E-state index contributed by atoms with van der Waals surface area (Å²) in [6.07, 6.45) is 1.95. The molecule has 0 unspecified atom stereocenters. The third-order valence-corrected chi connectivity index (χ3v) is 2.11. The first-order valence-corrected chi connectivity index (χ1v) is 5.63. The van der Waals surface area contributed by atoms with Gasteiger partial charge < -0.3 is 19.2 Å². The summed E-state index contributed by atoms with van der Waals surface area (Å²) >= 11 is 0. The number of ether oxygens (including phenoxy) is 2. The summed E-state index contributed by atoms with van der Waals surface area (Å²) in [6.45, 7) is 6.59. The molecule has 0 aliphatic heterocycles. The molecule has 0 saturated carbocycles. The van der Waals surface area contributed by atoms with Gasteiger partial charge in [-0.2, -0.15) is 0 Å². The van der Waals surface area contributed by atoms with E-state index in [2.05, 4.69) is 5.32 Å². The van der Waals surface area contributed by atoms with E-state index in [1.165, 1.54) is 0 Å². The minimum absolute atomic E-state index is 0.261. The lowest BCUT2D eigenvalue weighted by atomic mass is 10.2. The summed E-state index contributed by atoms with van der Waals surface area (Å²) in [6, 6.07) is 1.94. The second-order valence-electron chi connectivity index (χ2n) is 3.87. The van der Waals surface area contributed by atoms with Gasteiger partial charge in [0, 0.05) is 5.56 Å². The number of hydrogen-bond acceptors (Lipinski definition) is 4. The van der Waals surface area contributed by atoms with E-state index in [1.807, 2.05) is 27.0 Å². The van der Waals surface area contributed by atoms with Crippen LogP contribution in [-0.2, 0) is 22.6 Å². The first-order chi connectivity index (χ1) is 7.74. The van der Waals surface area contributed by atoms with Crippen LogP contribution in [0.1, 0.15) is 25.2 Å². The van der Waals surface area contributed by atoms with Crippen LogP contribution in [-0.4, -0.2) is 26.4 Å². The smallest absolute Gasteiger partial charge is 0.123 e. The highest BCUT2D eigenvalue weighted by atomic mass is 16.5. The van der Waals surface area contributed by atoms with Crippen molar-refractivity contribution in [2.75, 3.05) is 20.3 Å². The van der Waals surface area contributed by atoms with Gasteiger partial charge in [-0.3, -0.25) is 0 Å². The van der Waals surface area contributed by atoms with Gasteiger partial charge in [0.15, 0.2) is 0 Å². The summed E-state index contributed by atoms with van der Waals surface area (Å²) < 4.78 is 16.2. The molecule has 92 valence electrons. The van der Waals surface area contributed by atoms with E-state index in [-0.39, 0.29) is 6.10 Å². The fraction of sp³-hybridized carbons (Fsp3) is 0.667. The molecule has 0 spiro atoms. The molecule has 1 N–H and O–H groups in total. The van der Waals surface area contributed by atoms with Crippen LogP contribution < -0.4 is 5.32 Å². The molecule has 1 aromatic heterocycles. The molecule has 0 aliphatic carbocycles. The van der Waals surface area contributed by atoms with Gasteiger partial charge in [-0.25, -0.2) is 0 Å². The normalized spacial score (nSPS) is 11.2. The number of nitrogens with one attached hydrogen (secondary N) is 1. The summed E-state index contributed by atoms with van der Waals surface area (Å²) in [4.78, 5) is 0. The van der Waals surface area contributed by atoms with Gasteiger partial charge in [0.05, 0.1) is 38.7 Å². The molecule has 0 atom stereocenters. The van der Waals surface area contributed by atoms with Crippen molar-refractivity contribution in [3.05, 3.63) is 23.7 Å². The lowest BCUT2D eigenvalue weighted by Crippen LogP contribution is -2.10. The van der Waals surface area contributed by atoms with Crippen molar-refractivity contribution in [2.45, 2.75) is 33.1 Å². The fourth-order valence-corrected chi connectivity index (χ4v) is 1.34. The zero-order chi connectivity index (χ0) is 11.8. The lowest BCUT2D eigenvalue weighted by Gasteiger charge is -2.08. The van der Waals surface area contributed by atoms with Crippen LogP contribution in [0.15, 0.2) is 16.7 Å². The Hall–Kier alpha value is -0.840. The largest absolute Gasteiger partial charge is 0.468 e. The second-order valence-corrected chi connectivity index (χ2v) is 3.87. The summed E-state index contributed by atoms with van der Waals surface area (Å²) in [5, 5.41) is 3.05. The molecule has 0 radical (unpaired) electrons. The minimum Gasteiger partial charge on any atom is -0.468 e. The quantitative estimate of drug-likeness (QED) is 0.689. The van der Waals surface area contributed by atoms with Crippen molar-refractivity contribution in [2.24, 2.45) is 0 Å². The molecular formula is C12H21NO3. The predicted octanol–water partition coefficient (Wildman–Crippen LogP) is 1.94. The van der Waals surface area contributed by atoms with Crippen molar-refractivity contribution in [1.29, 1.82) is 0 Å². The summed E-state index contributed by atoms with van der Waals surface area (Å²) in [7, 11) is 1.89. The van der Waals surface area contributed by atoms with Gasteiger partial charge in [0.25, 0.3) is 0 Å². The molecule has 1 aromatic rings. The Balaban J connectivity index is 2.18. The Bertz CT molecular complexity index is 284. The first-order valence-electron chi connectivity index (χ1n) is 5.63. The van der Waals surface area contributed by atoms with Gasteiger partial charge in [0.2, 0.25) is 0 Å². The van der Waals surface area contributed by atoms with Crippen molar-refractivity contribution < 1.29 is 13.9 Å². The molecule has 1 rings (SSSR count). The van der Waals surface area contributed by atoms with Crippen molar-refractivity contribution in [3.8, 4) is 0 Å². The molecule has 0 amide bonds. The van der Waals surface area contributed by atoms with Crippen LogP contribution in [0.2, 0.25) is 0 Å². The average molecular weight is 227 g/mol. The molecule has 0 bridgehead atoms. The van der Waals surface area contributed by atoms with Crippen LogP contribution in [0.25, 0.3) is 0 Å². The van der Waals surface area contributed by atoms with Gasteiger partial charge in [0.1, 0.15) is 5.76 Å². The maximum atomic E-state index is 5.50.